The Hall–Kier alpha value is -2.70. The van der Waals surface area contributed by atoms with Gasteiger partial charge in [0.1, 0.15) is 0 Å². The van der Waals surface area contributed by atoms with Gasteiger partial charge in [0, 0.05) is 5.69 Å². The molecule has 0 spiro atoms. The van der Waals surface area contributed by atoms with Gasteiger partial charge in [-0.25, -0.2) is 0 Å². The number of benzene rings is 1. The quantitative estimate of drug-likeness (QED) is 0.816. The van der Waals surface area contributed by atoms with Crippen LogP contribution in [-0.2, 0) is 16.1 Å². The maximum atomic E-state index is 11.8. The van der Waals surface area contributed by atoms with Crippen LogP contribution in [0.1, 0.15) is 24.7 Å². The number of esters is 1. The van der Waals surface area contributed by atoms with Crippen LogP contribution in [0, 0.1) is 18.8 Å². The fourth-order valence-corrected chi connectivity index (χ4v) is 2.29. The average molecular weight is 313 g/mol. The second-order valence-electron chi connectivity index (χ2n) is 5.80. The Morgan fingerprint density at radius 1 is 1.35 bits per heavy atom. The second-order valence-corrected chi connectivity index (χ2v) is 5.80. The molecule has 1 aliphatic rings. The number of para-hydroxylation sites is 1. The van der Waals surface area contributed by atoms with Crippen molar-refractivity contribution in [2.24, 2.45) is 11.8 Å². The van der Waals surface area contributed by atoms with Gasteiger partial charge in [0.25, 0.3) is 0 Å². The lowest BCUT2D eigenvalue weighted by Gasteiger charge is -2.09. The zero-order valence-corrected chi connectivity index (χ0v) is 13.1. The molecule has 23 heavy (non-hydrogen) atoms. The number of nitrogens with two attached hydrogens (primary N) is 1. The minimum absolute atomic E-state index is 0.00275. The molecule has 1 aromatic heterocycles. The number of nitrogen functional groups attached to an aromatic ring is 1. The Labute approximate surface area is 134 Å². The summed E-state index contributed by atoms with van der Waals surface area (Å²) >= 11 is 0. The highest BCUT2D eigenvalue weighted by molar-refractivity contribution is 5.75. The van der Waals surface area contributed by atoms with Gasteiger partial charge in [0.15, 0.2) is 12.4 Å². The normalized spacial score (nSPS) is 19.2. The lowest BCUT2D eigenvalue weighted by atomic mass is 10.2. The van der Waals surface area contributed by atoms with Crippen LogP contribution in [0.5, 0.6) is 0 Å². The molecule has 2 aromatic rings. The standard InChI is InChI=1S/C16H19N5O2/c1-9-5-3-4-6-12(9)18-16-20-13(19-15(17)21-16)8-23-14(22)11-7-10(11)2/h3-6,10-11H,7-8H2,1-2H3,(H3,17,18,19,20,21)/t10-,11-/m1/s1. The van der Waals surface area contributed by atoms with Gasteiger partial charge in [-0.05, 0) is 30.9 Å². The maximum Gasteiger partial charge on any atom is 0.309 e. The summed E-state index contributed by atoms with van der Waals surface area (Å²) in [6, 6.07) is 7.77. The van der Waals surface area contributed by atoms with Gasteiger partial charge >= 0.3 is 5.97 Å². The first kappa shape index (κ1) is 15.2. The maximum absolute atomic E-state index is 11.8. The number of carbonyl (C=O) groups excluding carboxylic acids is 1. The van der Waals surface area contributed by atoms with Crippen molar-refractivity contribution in [2.75, 3.05) is 11.1 Å². The molecule has 1 aliphatic carbocycles. The van der Waals surface area contributed by atoms with E-state index < -0.39 is 0 Å². The molecule has 3 rings (SSSR count). The number of anilines is 3. The minimum Gasteiger partial charge on any atom is -0.457 e. The summed E-state index contributed by atoms with van der Waals surface area (Å²) in [5, 5.41) is 3.10. The van der Waals surface area contributed by atoms with Crippen LogP contribution in [-0.4, -0.2) is 20.9 Å². The topological polar surface area (TPSA) is 103 Å². The Morgan fingerprint density at radius 2 is 2.09 bits per heavy atom. The van der Waals surface area contributed by atoms with Crippen molar-refractivity contribution >= 4 is 23.6 Å². The third kappa shape index (κ3) is 3.74. The molecule has 7 heteroatoms. The van der Waals surface area contributed by atoms with Gasteiger partial charge in [-0.2, -0.15) is 15.0 Å². The van der Waals surface area contributed by atoms with Crippen LogP contribution >= 0.6 is 0 Å². The first-order valence-electron chi connectivity index (χ1n) is 7.52. The number of hydrogen-bond acceptors (Lipinski definition) is 7. The average Bonchev–Trinajstić information content (AvgIpc) is 3.24. The van der Waals surface area contributed by atoms with Gasteiger partial charge in [-0.3, -0.25) is 4.79 Å². The van der Waals surface area contributed by atoms with E-state index in [2.05, 4.69) is 20.3 Å². The van der Waals surface area contributed by atoms with Gasteiger partial charge in [-0.15, -0.1) is 0 Å². The molecule has 2 atom stereocenters. The number of aromatic nitrogens is 3. The lowest BCUT2D eigenvalue weighted by Crippen LogP contribution is -2.12. The summed E-state index contributed by atoms with van der Waals surface area (Å²) in [4.78, 5) is 24.1. The summed E-state index contributed by atoms with van der Waals surface area (Å²) in [7, 11) is 0. The first-order valence-corrected chi connectivity index (χ1v) is 7.52. The molecule has 7 nitrogen and oxygen atoms in total. The highest BCUT2D eigenvalue weighted by Crippen LogP contribution is 2.38. The molecule has 0 aliphatic heterocycles. The SMILES string of the molecule is Cc1ccccc1Nc1nc(N)nc(COC(=O)[C@@H]2C[C@H]2C)n1. The van der Waals surface area contributed by atoms with E-state index in [-0.39, 0.29) is 24.4 Å². The van der Waals surface area contributed by atoms with E-state index in [4.69, 9.17) is 10.5 Å². The summed E-state index contributed by atoms with van der Waals surface area (Å²) in [6.45, 7) is 4.00. The number of nitrogens with one attached hydrogen (secondary N) is 1. The molecule has 0 saturated heterocycles. The van der Waals surface area contributed by atoms with Gasteiger partial charge in [0.2, 0.25) is 11.9 Å². The van der Waals surface area contributed by atoms with E-state index in [1.807, 2.05) is 38.1 Å². The van der Waals surface area contributed by atoms with Crippen LogP contribution in [0.15, 0.2) is 24.3 Å². The fraction of sp³-hybridized carbons (Fsp3) is 0.375. The molecule has 0 amide bonds. The molecule has 0 bridgehead atoms. The molecule has 3 N–H and O–H groups in total. The fourth-order valence-electron chi connectivity index (χ4n) is 2.29. The van der Waals surface area contributed by atoms with E-state index in [0.29, 0.717) is 17.7 Å². The smallest absolute Gasteiger partial charge is 0.309 e. The molecule has 1 heterocycles. The second kappa shape index (κ2) is 6.20. The molecular formula is C16H19N5O2. The van der Waals surface area contributed by atoms with Crippen molar-refractivity contribution in [1.82, 2.24) is 15.0 Å². The number of hydrogen-bond donors (Lipinski definition) is 2. The van der Waals surface area contributed by atoms with Crippen LogP contribution in [0.2, 0.25) is 0 Å². The van der Waals surface area contributed by atoms with E-state index in [1.165, 1.54) is 0 Å². The van der Waals surface area contributed by atoms with Crippen LogP contribution in [0.3, 0.4) is 0 Å². The largest absolute Gasteiger partial charge is 0.457 e. The van der Waals surface area contributed by atoms with Gasteiger partial charge in [0.05, 0.1) is 5.92 Å². The predicted octanol–water partition coefficient (Wildman–Crippen LogP) is 2.21. The third-order valence-electron chi connectivity index (χ3n) is 3.85. The number of carbonyl (C=O) groups is 1. The summed E-state index contributed by atoms with van der Waals surface area (Å²) in [5.41, 5.74) is 7.65. The zero-order valence-electron chi connectivity index (χ0n) is 13.1. The lowest BCUT2D eigenvalue weighted by molar-refractivity contribution is -0.147. The van der Waals surface area contributed by atoms with Crippen molar-refractivity contribution in [3.8, 4) is 0 Å². The summed E-state index contributed by atoms with van der Waals surface area (Å²) in [6.07, 6.45) is 0.887. The van der Waals surface area contributed by atoms with E-state index in [9.17, 15) is 4.79 Å². The molecule has 0 unspecified atom stereocenters. The summed E-state index contributed by atoms with van der Waals surface area (Å²) < 4.78 is 5.23. The highest BCUT2D eigenvalue weighted by atomic mass is 16.5. The number of ether oxygens (including phenoxy) is 1. The molecule has 0 radical (unpaired) electrons. The van der Waals surface area contributed by atoms with Crippen LogP contribution in [0.4, 0.5) is 17.6 Å². The van der Waals surface area contributed by atoms with Gasteiger partial charge in [-0.1, -0.05) is 25.1 Å². The number of rotatable bonds is 5. The van der Waals surface area contributed by atoms with Crippen molar-refractivity contribution in [1.29, 1.82) is 0 Å². The molecule has 1 aromatic carbocycles. The van der Waals surface area contributed by atoms with E-state index in [1.54, 1.807) is 0 Å². The highest BCUT2D eigenvalue weighted by Gasteiger charge is 2.40. The van der Waals surface area contributed by atoms with E-state index >= 15 is 0 Å². The Morgan fingerprint density at radius 3 is 2.78 bits per heavy atom. The Kier molecular flexibility index (Phi) is 4.10. The Balaban J connectivity index is 1.69. The number of aryl methyl sites for hydroxylation is 1. The van der Waals surface area contributed by atoms with Crippen LogP contribution in [0.25, 0.3) is 0 Å². The predicted molar refractivity (Wildman–Crippen MR) is 85.8 cm³/mol. The molecule has 120 valence electrons. The first-order chi connectivity index (χ1) is 11.0. The van der Waals surface area contributed by atoms with Gasteiger partial charge < -0.3 is 15.8 Å². The van der Waals surface area contributed by atoms with Crippen molar-refractivity contribution in [2.45, 2.75) is 26.9 Å². The molecular weight excluding hydrogens is 294 g/mol. The van der Waals surface area contributed by atoms with Crippen LogP contribution < -0.4 is 11.1 Å². The molecule has 1 saturated carbocycles. The Bertz CT molecular complexity index is 734. The van der Waals surface area contributed by atoms with E-state index in [0.717, 1.165) is 17.7 Å². The minimum atomic E-state index is -0.204. The zero-order chi connectivity index (χ0) is 16.4. The van der Waals surface area contributed by atoms with Crippen molar-refractivity contribution in [3.63, 3.8) is 0 Å². The van der Waals surface area contributed by atoms with Crippen molar-refractivity contribution < 1.29 is 9.53 Å². The molecule has 1 fully saturated rings. The monoisotopic (exact) mass is 313 g/mol. The van der Waals surface area contributed by atoms with Crippen molar-refractivity contribution in [3.05, 3.63) is 35.7 Å². The third-order valence-corrected chi connectivity index (χ3v) is 3.85. The summed E-state index contributed by atoms with van der Waals surface area (Å²) in [5.74, 6) is 0.961. The number of nitrogens with zero attached hydrogens (tertiary/aromatic N) is 3.